The summed E-state index contributed by atoms with van der Waals surface area (Å²) in [6, 6.07) is 16.8. The molecule has 2 aromatic carbocycles. The number of aromatic nitrogens is 3. The molecule has 1 fully saturated rings. The van der Waals surface area contributed by atoms with E-state index in [2.05, 4.69) is 68.3 Å². The third-order valence-corrected chi connectivity index (χ3v) is 6.70. The highest BCUT2D eigenvalue weighted by Gasteiger charge is 2.26. The highest BCUT2D eigenvalue weighted by atomic mass is 16.1. The molecule has 1 amide bonds. The molecule has 4 aromatic rings. The lowest BCUT2D eigenvalue weighted by Crippen LogP contribution is -2.43. The molecule has 1 N–H and O–H groups in total. The zero-order valence-corrected chi connectivity index (χ0v) is 19.4. The Labute approximate surface area is 194 Å². The van der Waals surface area contributed by atoms with E-state index in [0.717, 1.165) is 55.6 Å². The van der Waals surface area contributed by atoms with E-state index in [1.165, 1.54) is 22.0 Å². The molecule has 6 heteroatoms. The van der Waals surface area contributed by atoms with Crippen molar-refractivity contribution < 1.29 is 4.79 Å². The molecule has 5 rings (SSSR count). The van der Waals surface area contributed by atoms with E-state index in [1.807, 2.05) is 25.3 Å². The Morgan fingerprint density at radius 2 is 2.00 bits per heavy atom. The summed E-state index contributed by atoms with van der Waals surface area (Å²) in [7, 11) is 0. The van der Waals surface area contributed by atoms with Crippen molar-refractivity contribution in [2.75, 3.05) is 24.5 Å². The normalized spacial score (nSPS) is 16.4. The first-order valence-corrected chi connectivity index (χ1v) is 11.9. The van der Waals surface area contributed by atoms with Crippen LogP contribution in [-0.2, 0) is 11.3 Å². The standard InChI is InChI=1S/C27H31N5O/c1-19-10-11-24-23(17-19)25(12-14-28-24)31-15-5-7-21(18-31)27(33)29-13-6-16-32-26-9-4-3-8-22(26)20(2)30-32/h3-4,8-12,14,17,21H,5-7,13,15-16,18H2,1-2H3,(H,29,33). The summed E-state index contributed by atoms with van der Waals surface area (Å²) in [5, 5.41) is 10.2. The molecule has 33 heavy (non-hydrogen) atoms. The van der Waals surface area contributed by atoms with Gasteiger partial charge < -0.3 is 10.2 Å². The van der Waals surface area contributed by atoms with Crippen molar-refractivity contribution in [2.45, 2.75) is 39.7 Å². The van der Waals surface area contributed by atoms with Gasteiger partial charge in [0.05, 0.1) is 22.6 Å². The summed E-state index contributed by atoms with van der Waals surface area (Å²) in [6.07, 6.45) is 4.69. The van der Waals surface area contributed by atoms with Crippen LogP contribution >= 0.6 is 0 Å². The van der Waals surface area contributed by atoms with Gasteiger partial charge in [0, 0.05) is 48.8 Å². The number of pyridine rings is 1. The van der Waals surface area contributed by atoms with E-state index in [1.54, 1.807) is 0 Å². The maximum Gasteiger partial charge on any atom is 0.224 e. The molecule has 1 unspecified atom stereocenters. The first-order valence-electron chi connectivity index (χ1n) is 11.9. The summed E-state index contributed by atoms with van der Waals surface area (Å²) in [5.41, 5.74) is 5.62. The first kappa shape index (κ1) is 21.4. The van der Waals surface area contributed by atoms with Gasteiger partial charge in [-0.15, -0.1) is 0 Å². The van der Waals surface area contributed by atoms with Crippen molar-refractivity contribution in [1.82, 2.24) is 20.1 Å². The van der Waals surface area contributed by atoms with Crippen LogP contribution in [0.15, 0.2) is 54.7 Å². The summed E-state index contributed by atoms with van der Waals surface area (Å²) in [6.45, 7) is 7.34. The Kier molecular flexibility index (Phi) is 5.99. The molecule has 1 atom stereocenters. The van der Waals surface area contributed by atoms with Gasteiger partial charge in [-0.25, -0.2) is 0 Å². The third kappa shape index (κ3) is 4.42. The lowest BCUT2D eigenvalue weighted by Gasteiger charge is -2.34. The van der Waals surface area contributed by atoms with Crippen molar-refractivity contribution in [1.29, 1.82) is 0 Å². The van der Waals surface area contributed by atoms with Crippen molar-refractivity contribution >= 4 is 33.4 Å². The van der Waals surface area contributed by atoms with Crippen LogP contribution in [0.4, 0.5) is 5.69 Å². The molecule has 0 radical (unpaired) electrons. The predicted octanol–water partition coefficient (Wildman–Crippen LogP) is 4.62. The van der Waals surface area contributed by atoms with Gasteiger partial charge in [-0.2, -0.15) is 5.10 Å². The molecule has 0 aliphatic carbocycles. The quantitative estimate of drug-likeness (QED) is 0.443. The predicted molar refractivity (Wildman–Crippen MR) is 134 cm³/mol. The SMILES string of the molecule is Cc1ccc2nccc(N3CCCC(C(=O)NCCCn4nc(C)c5ccccc54)C3)c2c1. The molecule has 1 aliphatic rings. The topological polar surface area (TPSA) is 63.1 Å². The Morgan fingerprint density at radius 3 is 2.91 bits per heavy atom. The lowest BCUT2D eigenvalue weighted by molar-refractivity contribution is -0.125. The van der Waals surface area contributed by atoms with Gasteiger partial charge in [0.15, 0.2) is 0 Å². The van der Waals surface area contributed by atoms with Crippen LogP contribution in [0.5, 0.6) is 0 Å². The van der Waals surface area contributed by atoms with Gasteiger partial charge in [0.2, 0.25) is 5.91 Å². The third-order valence-electron chi connectivity index (χ3n) is 6.70. The molecule has 0 bridgehead atoms. The van der Waals surface area contributed by atoms with Gasteiger partial charge in [-0.05, 0) is 57.4 Å². The zero-order valence-electron chi connectivity index (χ0n) is 19.4. The fourth-order valence-corrected chi connectivity index (χ4v) is 4.98. The number of piperidine rings is 1. The van der Waals surface area contributed by atoms with E-state index >= 15 is 0 Å². The number of hydrogen-bond donors (Lipinski definition) is 1. The molecule has 1 saturated heterocycles. The molecule has 0 spiro atoms. The maximum absolute atomic E-state index is 12.9. The highest BCUT2D eigenvalue weighted by Crippen LogP contribution is 2.30. The minimum atomic E-state index is 0.0135. The smallest absolute Gasteiger partial charge is 0.224 e. The van der Waals surface area contributed by atoms with E-state index in [0.29, 0.717) is 6.54 Å². The molecule has 0 saturated carbocycles. The minimum Gasteiger partial charge on any atom is -0.370 e. The second-order valence-corrected chi connectivity index (χ2v) is 9.11. The number of carbonyl (C=O) groups is 1. The van der Waals surface area contributed by atoms with Gasteiger partial charge >= 0.3 is 0 Å². The van der Waals surface area contributed by atoms with Crippen LogP contribution < -0.4 is 10.2 Å². The number of nitrogens with one attached hydrogen (secondary N) is 1. The number of aryl methyl sites for hydroxylation is 3. The number of para-hydroxylation sites is 1. The second-order valence-electron chi connectivity index (χ2n) is 9.11. The van der Waals surface area contributed by atoms with Crippen LogP contribution in [0.25, 0.3) is 21.8 Å². The van der Waals surface area contributed by atoms with Crippen LogP contribution in [0.2, 0.25) is 0 Å². The average Bonchev–Trinajstić information content (AvgIpc) is 3.17. The van der Waals surface area contributed by atoms with Gasteiger partial charge in [0.1, 0.15) is 0 Å². The number of hydrogen-bond acceptors (Lipinski definition) is 4. The molecule has 1 aliphatic heterocycles. The van der Waals surface area contributed by atoms with Crippen molar-refractivity contribution in [3.63, 3.8) is 0 Å². The average molecular weight is 442 g/mol. The summed E-state index contributed by atoms with van der Waals surface area (Å²) < 4.78 is 2.05. The van der Waals surface area contributed by atoms with Gasteiger partial charge in [-0.1, -0.05) is 29.8 Å². The fourth-order valence-electron chi connectivity index (χ4n) is 4.98. The van der Waals surface area contributed by atoms with Crippen molar-refractivity contribution in [3.8, 4) is 0 Å². The van der Waals surface area contributed by atoms with Crippen LogP contribution in [0.1, 0.15) is 30.5 Å². The van der Waals surface area contributed by atoms with Gasteiger partial charge in [-0.3, -0.25) is 14.5 Å². The molecule has 2 aromatic heterocycles. The molecule has 3 heterocycles. The van der Waals surface area contributed by atoms with E-state index < -0.39 is 0 Å². The highest BCUT2D eigenvalue weighted by molar-refractivity contribution is 5.92. The molecular weight excluding hydrogens is 410 g/mol. The van der Waals surface area contributed by atoms with Crippen LogP contribution in [0, 0.1) is 19.8 Å². The Hall–Kier alpha value is -3.41. The molecular formula is C27H31N5O. The number of fused-ring (bicyclic) bond motifs is 2. The van der Waals surface area contributed by atoms with E-state index in [9.17, 15) is 4.79 Å². The molecule has 170 valence electrons. The van der Waals surface area contributed by atoms with Crippen LogP contribution in [-0.4, -0.2) is 40.3 Å². The number of benzene rings is 2. The Balaban J connectivity index is 1.19. The first-order chi connectivity index (χ1) is 16.1. The summed E-state index contributed by atoms with van der Waals surface area (Å²) in [5.74, 6) is 0.176. The second kappa shape index (κ2) is 9.22. The van der Waals surface area contributed by atoms with E-state index in [-0.39, 0.29) is 11.8 Å². The van der Waals surface area contributed by atoms with Crippen molar-refractivity contribution in [3.05, 3.63) is 66.0 Å². The molecule has 6 nitrogen and oxygen atoms in total. The Bertz CT molecular complexity index is 1290. The number of rotatable bonds is 6. The Morgan fingerprint density at radius 1 is 1.12 bits per heavy atom. The number of nitrogens with zero attached hydrogens (tertiary/aromatic N) is 4. The van der Waals surface area contributed by atoms with Crippen molar-refractivity contribution in [2.24, 2.45) is 5.92 Å². The summed E-state index contributed by atoms with van der Waals surface area (Å²) in [4.78, 5) is 19.8. The van der Waals surface area contributed by atoms with Gasteiger partial charge in [0.25, 0.3) is 0 Å². The van der Waals surface area contributed by atoms with Crippen LogP contribution in [0.3, 0.4) is 0 Å². The monoisotopic (exact) mass is 441 g/mol. The fraction of sp³-hybridized carbons (Fsp3) is 0.370. The minimum absolute atomic E-state index is 0.0135. The lowest BCUT2D eigenvalue weighted by atomic mass is 9.96. The van der Waals surface area contributed by atoms with E-state index in [4.69, 9.17) is 0 Å². The summed E-state index contributed by atoms with van der Waals surface area (Å²) >= 11 is 0. The number of anilines is 1. The largest absolute Gasteiger partial charge is 0.370 e. The number of amides is 1. The zero-order chi connectivity index (χ0) is 22.8. The number of carbonyl (C=O) groups excluding carboxylic acids is 1. The maximum atomic E-state index is 12.9.